The van der Waals surface area contributed by atoms with Gasteiger partial charge in [0.1, 0.15) is 6.04 Å². The lowest BCUT2D eigenvalue weighted by atomic mass is 10.1. The molecule has 0 saturated heterocycles. The van der Waals surface area contributed by atoms with Crippen molar-refractivity contribution in [2.75, 3.05) is 11.9 Å². The summed E-state index contributed by atoms with van der Waals surface area (Å²) in [6.07, 6.45) is 0. The summed E-state index contributed by atoms with van der Waals surface area (Å²) < 4.78 is 4.94. The van der Waals surface area contributed by atoms with Crippen LogP contribution in [0.3, 0.4) is 0 Å². The van der Waals surface area contributed by atoms with Gasteiger partial charge < -0.3 is 10.1 Å². The molecule has 0 fully saturated rings. The zero-order chi connectivity index (χ0) is 20.4. The van der Waals surface area contributed by atoms with Gasteiger partial charge in [0.05, 0.1) is 21.2 Å². The van der Waals surface area contributed by atoms with Gasteiger partial charge in [-0.05, 0) is 37.3 Å². The third-order valence-electron chi connectivity index (χ3n) is 4.10. The van der Waals surface area contributed by atoms with Gasteiger partial charge in [-0.25, -0.2) is 4.79 Å². The minimum atomic E-state index is -1.18. The molecule has 1 N–H and O–H groups in total. The number of nitrogens with zero attached hydrogens (tertiary/aromatic N) is 1. The highest BCUT2D eigenvalue weighted by Crippen LogP contribution is 2.26. The summed E-state index contributed by atoms with van der Waals surface area (Å²) in [7, 11) is 0. The molecule has 1 heterocycles. The Bertz CT molecular complexity index is 957. The summed E-state index contributed by atoms with van der Waals surface area (Å²) in [5, 5.41) is 3.09. The zero-order valence-electron chi connectivity index (χ0n) is 14.6. The van der Waals surface area contributed by atoms with Gasteiger partial charge in [-0.3, -0.25) is 19.3 Å². The lowest BCUT2D eigenvalue weighted by molar-refractivity contribution is -0.150. The third kappa shape index (κ3) is 3.85. The van der Waals surface area contributed by atoms with E-state index in [2.05, 4.69) is 5.32 Å². The highest BCUT2D eigenvalue weighted by atomic mass is 35.5. The third-order valence-corrected chi connectivity index (χ3v) is 4.84. The monoisotopic (exact) mass is 420 g/mol. The Balaban J connectivity index is 1.59. The molecule has 2 aromatic rings. The van der Waals surface area contributed by atoms with Crippen LogP contribution in [-0.2, 0) is 14.3 Å². The highest BCUT2D eigenvalue weighted by Gasteiger charge is 2.41. The molecule has 0 aliphatic carbocycles. The number of anilines is 1. The maximum absolute atomic E-state index is 12.4. The zero-order valence-corrected chi connectivity index (χ0v) is 16.1. The number of nitrogens with one attached hydrogen (secondary N) is 1. The van der Waals surface area contributed by atoms with Crippen LogP contribution < -0.4 is 5.32 Å². The van der Waals surface area contributed by atoms with Crippen molar-refractivity contribution in [1.82, 2.24) is 4.90 Å². The van der Waals surface area contributed by atoms with Crippen LogP contribution >= 0.6 is 23.2 Å². The summed E-state index contributed by atoms with van der Waals surface area (Å²) in [4.78, 5) is 49.8. The van der Waals surface area contributed by atoms with Crippen LogP contribution in [0.2, 0.25) is 10.0 Å². The van der Waals surface area contributed by atoms with Crippen molar-refractivity contribution in [2.45, 2.75) is 13.0 Å². The van der Waals surface area contributed by atoms with Crippen LogP contribution in [0.25, 0.3) is 0 Å². The SMILES string of the molecule is CC(C(=O)OCC(=O)Nc1ccc(Cl)c(Cl)c1)N1C(=O)c2ccccc2C1=O. The molecule has 0 radical (unpaired) electrons. The van der Waals surface area contributed by atoms with Gasteiger partial charge in [0.25, 0.3) is 17.7 Å². The first-order valence-corrected chi connectivity index (χ1v) is 8.93. The topological polar surface area (TPSA) is 92.8 Å². The van der Waals surface area contributed by atoms with E-state index in [0.717, 1.165) is 4.90 Å². The predicted molar refractivity (Wildman–Crippen MR) is 102 cm³/mol. The molecule has 144 valence electrons. The number of ether oxygens (including phenoxy) is 1. The number of hydrogen-bond acceptors (Lipinski definition) is 5. The van der Waals surface area contributed by atoms with Crippen molar-refractivity contribution in [2.24, 2.45) is 0 Å². The summed E-state index contributed by atoms with van der Waals surface area (Å²) in [6.45, 7) is 0.771. The predicted octanol–water partition coefficient (Wildman–Crippen LogP) is 3.16. The molecule has 1 aliphatic rings. The average Bonchev–Trinajstić information content (AvgIpc) is 2.93. The van der Waals surface area contributed by atoms with Gasteiger partial charge in [0.2, 0.25) is 0 Å². The lowest BCUT2D eigenvalue weighted by Gasteiger charge is -2.20. The second kappa shape index (κ2) is 8.00. The largest absolute Gasteiger partial charge is 0.454 e. The molecule has 1 aliphatic heterocycles. The number of benzene rings is 2. The molecule has 9 heteroatoms. The van der Waals surface area contributed by atoms with Crippen molar-refractivity contribution in [3.8, 4) is 0 Å². The number of carbonyl (C=O) groups is 4. The normalized spacial score (nSPS) is 13.9. The molecule has 0 aromatic heterocycles. The van der Waals surface area contributed by atoms with Crippen LogP contribution in [0, 0.1) is 0 Å². The van der Waals surface area contributed by atoms with Gasteiger partial charge in [-0.1, -0.05) is 35.3 Å². The van der Waals surface area contributed by atoms with E-state index in [1.54, 1.807) is 12.1 Å². The Labute approximate surface area is 170 Å². The Kier molecular flexibility index (Phi) is 5.67. The fourth-order valence-corrected chi connectivity index (χ4v) is 2.99. The van der Waals surface area contributed by atoms with Gasteiger partial charge in [-0.15, -0.1) is 0 Å². The van der Waals surface area contributed by atoms with Gasteiger partial charge in [-0.2, -0.15) is 0 Å². The minimum absolute atomic E-state index is 0.226. The lowest BCUT2D eigenvalue weighted by Crippen LogP contribution is -2.44. The van der Waals surface area contributed by atoms with Crippen LogP contribution in [0.1, 0.15) is 27.6 Å². The Hall–Kier alpha value is -2.90. The van der Waals surface area contributed by atoms with E-state index in [4.69, 9.17) is 27.9 Å². The molecule has 28 heavy (non-hydrogen) atoms. The maximum atomic E-state index is 12.4. The Morgan fingerprint density at radius 1 is 1.04 bits per heavy atom. The van der Waals surface area contributed by atoms with E-state index in [0.29, 0.717) is 10.7 Å². The average molecular weight is 421 g/mol. The van der Waals surface area contributed by atoms with E-state index in [1.807, 2.05) is 0 Å². The first kappa shape index (κ1) is 19.9. The molecular formula is C19H14Cl2N2O5. The molecule has 3 rings (SSSR count). The number of imide groups is 1. The minimum Gasteiger partial charge on any atom is -0.454 e. The van der Waals surface area contributed by atoms with Gasteiger partial charge in [0, 0.05) is 5.69 Å². The number of esters is 1. The molecule has 0 spiro atoms. The Morgan fingerprint density at radius 2 is 1.64 bits per heavy atom. The van der Waals surface area contributed by atoms with Crippen LogP contribution in [-0.4, -0.2) is 41.2 Å². The van der Waals surface area contributed by atoms with Gasteiger partial charge >= 0.3 is 5.97 Å². The Morgan fingerprint density at radius 3 is 2.21 bits per heavy atom. The van der Waals surface area contributed by atoms with Crippen molar-refractivity contribution >= 4 is 52.6 Å². The number of amides is 3. The van der Waals surface area contributed by atoms with Crippen molar-refractivity contribution < 1.29 is 23.9 Å². The number of halogens is 2. The summed E-state index contributed by atoms with van der Waals surface area (Å²) in [5.74, 6) is -2.64. The van der Waals surface area contributed by atoms with E-state index in [9.17, 15) is 19.2 Å². The standard InChI is InChI=1S/C19H14Cl2N2O5/c1-10(23-17(25)12-4-2-3-5-13(12)18(23)26)19(27)28-9-16(24)22-11-6-7-14(20)15(21)8-11/h2-8,10H,9H2,1H3,(H,22,24). The second-order valence-corrected chi connectivity index (χ2v) is 6.80. The van der Waals surface area contributed by atoms with Gasteiger partial charge in [0.15, 0.2) is 6.61 Å². The van der Waals surface area contributed by atoms with Crippen LogP contribution in [0.4, 0.5) is 5.69 Å². The quantitative estimate of drug-likeness (QED) is 0.592. The summed E-state index contributed by atoms with van der Waals surface area (Å²) >= 11 is 11.7. The van der Waals surface area contributed by atoms with E-state index in [1.165, 1.54) is 37.3 Å². The molecule has 2 aromatic carbocycles. The molecule has 7 nitrogen and oxygen atoms in total. The molecule has 0 bridgehead atoms. The first-order chi connectivity index (χ1) is 13.3. The number of carbonyl (C=O) groups excluding carboxylic acids is 4. The summed E-state index contributed by atoms with van der Waals surface area (Å²) in [5.41, 5.74) is 0.831. The van der Waals surface area contributed by atoms with Crippen LogP contribution in [0.15, 0.2) is 42.5 Å². The highest BCUT2D eigenvalue weighted by molar-refractivity contribution is 6.42. The van der Waals surface area contributed by atoms with Crippen molar-refractivity contribution in [3.63, 3.8) is 0 Å². The smallest absolute Gasteiger partial charge is 0.329 e. The molecule has 0 saturated carbocycles. The van der Waals surface area contributed by atoms with E-state index in [-0.39, 0.29) is 16.1 Å². The first-order valence-electron chi connectivity index (χ1n) is 8.18. The number of rotatable bonds is 5. The molecule has 1 unspecified atom stereocenters. The van der Waals surface area contributed by atoms with Crippen LogP contribution in [0.5, 0.6) is 0 Å². The van der Waals surface area contributed by atoms with E-state index >= 15 is 0 Å². The summed E-state index contributed by atoms with van der Waals surface area (Å²) in [6, 6.07) is 9.60. The second-order valence-electron chi connectivity index (χ2n) is 5.99. The van der Waals surface area contributed by atoms with Crippen molar-refractivity contribution in [3.05, 3.63) is 63.6 Å². The number of hydrogen-bond donors (Lipinski definition) is 1. The fraction of sp³-hybridized carbons (Fsp3) is 0.158. The van der Waals surface area contributed by atoms with Crippen molar-refractivity contribution in [1.29, 1.82) is 0 Å². The molecular weight excluding hydrogens is 407 g/mol. The molecule has 3 amide bonds. The molecule has 1 atom stereocenters. The van der Waals surface area contributed by atoms with E-state index < -0.39 is 36.3 Å². The number of fused-ring (bicyclic) bond motifs is 1. The maximum Gasteiger partial charge on any atom is 0.329 e. The fourth-order valence-electron chi connectivity index (χ4n) is 2.69.